The molecule has 0 spiro atoms. The third kappa shape index (κ3) is 3.28. The van der Waals surface area contributed by atoms with E-state index >= 15 is 0 Å². The molecule has 21 heavy (non-hydrogen) atoms. The van der Waals surface area contributed by atoms with E-state index in [0.717, 1.165) is 36.7 Å². The number of benzene rings is 1. The smallest absolute Gasteiger partial charge is 0.203 e. The van der Waals surface area contributed by atoms with Gasteiger partial charge in [-0.05, 0) is 23.8 Å². The molecule has 2 heterocycles. The number of hydrogen-bond donors (Lipinski definition) is 1. The first-order valence-electron chi connectivity index (χ1n) is 7.01. The van der Waals surface area contributed by atoms with Crippen molar-refractivity contribution in [1.29, 1.82) is 0 Å². The number of fused-ring (bicyclic) bond motifs is 1. The van der Waals surface area contributed by atoms with Gasteiger partial charge in [0.15, 0.2) is 11.5 Å². The van der Waals surface area contributed by atoms with Crippen LogP contribution < -0.4 is 19.5 Å². The predicted molar refractivity (Wildman–Crippen MR) is 77.9 cm³/mol. The second-order valence-corrected chi connectivity index (χ2v) is 4.77. The van der Waals surface area contributed by atoms with Gasteiger partial charge in [-0.1, -0.05) is 0 Å². The lowest BCUT2D eigenvalue weighted by molar-refractivity contribution is 0.165. The number of nitrogens with one attached hydrogen (secondary N) is 1. The number of hydrogen-bond acceptors (Lipinski definition) is 5. The average Bonchev–Trinajstić information content (AvgIpc) is 3.04. The van der Waals surface area contributed by atoms with Gasteiger partial charge in [0.1, 0.15) is 13.2 Å². The Hall–Kier alpha value is -2.21. The quantitative estimate of drug-likeness (QED) is 0.816. The molecule has 0 bridgehead atoms. The zero-order valence-corrected chi connectivity index (χ0v) is 12.0. The maximum Gasteiger partial charge on any atom is 0.203 e. The molecule has 0 amide bonds. The van der Waals surface area contributed by atoms with Crippen LogP contribution in [-0.4, -0.2) is 36.6 Å². The van der Waals surface area contributed by atoms with Crippen molar-refractivity contribution in [3.8, 4) is 17.2 Å². The van der Waals surface area contributed by atoms with Crippen molar-refractivity contribution in [2.45, 2.75) is 13.1 Å². The van der Waals surface area contributed by atoms with Gasteiger partial charge in [-0.25, -0.2) is 0 Å². The Labute approximate surface area is 123 Å². The molecule has 112 valence electrons. The van der Waals surface area contributed by atoms with Crippen LogP contribution in [-0.2, 0) is 13.1 Å². The molecule has 0 fully saturated rings. The van der Waals surface area contributed by atoms with Gasteiger partial charge in [0.05, 0.1) is 13.7 Å². The third-order valence-electron chi connectivity index (χ3n) is 3.29. The number of aromatic nitrogens is 2. The summed E-state index contributed by atoms with van der Waals surface area (Å²) in [6, 6.07) is 5.90. The van der Waals surface area contributed by atoms with E-state index < -0.39 is 0 Å². The van der Waals surface area contributed by atoms with E-state index in [0.29, 0.717) is 19.0 Å². The van der Waals surface area contributed by atoms with Crippen molar-refractivity contribution in [1.82, 2.24) is 15.1 Å². The fourth-order valence-corrected chi connectivity index (χ4v) is 2.29. The highest BCUT2D eigenvalue weighted by atomic mass is 16.6. The molecule has 2 aromatic rings. The third-order valence-corrected chi connectivity index (χ3v) is 3.29. The average molecular weight is 289 g/mol. The molecule has 1 aliphatic rings. The first kappa shape index (κ1) is 13.8. The van der Waals surface area contributed by atoms with Crippen LogP contribution in [0.2, 0.25) is 0 Å². The van der Waals surface area contributed by atoms with E-state index in [1.165, 1.54) is 0 Å². The summed E-state index contributed by atoms with van der Waals surface area (Å²) in [6.45, 7) is 3.57. The topological polar surface area (TPSA) is 57.5 Å². The van der Waals surface area contributed by atoms with Crippen LogP contribution in [0.5, 0.6) is 17.2 Å². The number of rotatable bonds is 6. The first-order valence-corrected chi connectivity index (χ1v) is 7.01. The fourth-order valence-electron chi connectivity index (χ4n) is 2.29. The lowest BCUT2D eigenvalue weighted by Crippen LogP contribution is -2.20. The summed E-state index contributed by atoms with van der Waals surface area (Å²) in [6.07, 6.45) is 3.74. The summed E-state index contributed by atoms with van der Waals surface area (Å²) in [5.74, 6) is 2.17. The van der Waals surface area contributed by atoms with Crippen LogP contribution in [0, 0.1) is 0 Å². The highest BCUT2D eigenvalue weighted by Crippen LogP contribution is 2.40. The summed E-state index contributed by atoms with van der Waals surface area (Å²) < 4.78 is 18.5. The van der Waals surface area contributed by atoms with Gasteiger partial charge in [-0.15, -0.1) is 0 Å². The Morgan fingerprint density at radius 1 is 1.33 bits per heavy atom. The van der Waals surface area contributed by atoms with Crippen LogP contribution >= 0.6 is 0 Å². The minimum Gasteiger partial charge on any atom is -0.493 e. The van der Waals surface area contributed by atoms with Crippen LogP contribution in [0.25, 0.3) is 0 Å². The molecule has 1 aromatic carbocycles. The largest absolute Gasteiger partial charge is 0.493 e. The molecule has 0 saturated carbocycles. The Morgan fingerprint density at radius 2 is 2.24 bits per heavy atom. The SMILES string of the molecule is COc1cc(CNCCn2cccn2)cc2c1OCCO2. The lowest BCUT2D eigenvalue weighted by atomic mass is 10.1. The van der Waals surface area contributed by atoms with Gasteiger partial charge in [0, 0.05) is 25.5 Å². The van der Waals surface area contributed by atoms with Crippen molar-refractivity contribution < 1.29 is 14.2 Å². The number of ether oxygens (including phenoxy) is 3. The molecule has 6 heteroatoms. The van der Waals surface area contributed by atoms with Gasteiger partial charge in [0.2, 0.25) is 5.75 Å². The van der Waals surface area contributed by atoms with Gasteiger partial charge in [0.25, 0.3) is 0 Å². The zero-order valence-electron chi connectivity index (χ0n) is 12.0. The predicted octanol–water partition coefficient (Wildman–Crippen LogP) is 1.45. The van der Waals surface area contributed by atoms with Crippen molar-refractivity contribution >= 4 is 0 Å². The summed E-state index contributed by atoms with van der Waals surface area (Å²) in [5.41, 5.74) is 1.11. The van der Waals surface area contributed by atoms with E-state index in [2.05, 4.69) is 10.4 Å². The number of nitrogens with zero attached hydrogens (tertiary/aromatic N) is 2. The van der Waals surface area contributed by atoms with Crippen LogP contribution in [0.4, 0.5) is 0 Å². The monoisotopic (exact) mass is 289 g/mol. The van der Waals surface area contributed by atoms with Gasteiger partial charge in [-0.3, -0.25) is 4.68 Å². The Morgan fingerprint density at radius 3 is 3.05 bits per heavy atom. The molecule has 0 unspecified atom stereocenters. The molecule has 3 rings (SSSR count). The highest BCUT2D eigenvalue weighted by molar-refractivity contribution is 5.54. The van der Waals surface area contributed by atoms with Crippen molar-refractivity contribution in [3.63, 3.8) is 0 Å². The van der Waals surface area contributed by atoms with Crippen LogP contribution in [0.15, 0.2) is 30.6 Å². The van der Waals surface area contributed by atoms with E-state index in [-0.39, 0.29) is 0 Å². The second-order valence-electron chi connectivity index (χ2n) is 4.77. The maximum atomic E-state index is 5.62. The Bertz CT molecular complexity index is 567. The van der Waals surface area contributed by atoms with E-state index in [4.69, 9.17) is 14.2 Å². The van der Waals surface area contributed by atoms with Crippen LogP contribution in [0.3, 0.4) is 0 Å². The molecule has 1 N–H and O–H groups in total. The highest BCUT2D eigenvalue weighted by Gasteiger charge is 2.18. The normalized spacial score (nSPS) is 13.2. The Balaban J connectivity index is 1.60. The maximum absolute atomic E-state index is 5.62. The summed E-state index contributed by atoms with van der Waals surface area (Å²) >= 11 is 0. The molecule has 1 aromatic heterocycles. The summed E-state index contributed by atoms with van der Waals surface area (Å²) in [5, 5.41) is 7.55. The van der Waals surface area contributed by atoms with Crippen molar-refractivity contribution in [2.24, 2.45) is 0 Å². The van der Waals surface area contributed by atoms with E-state index in [1.807, 2.05) is 29.1 Å². The molecule has 0 aliphatic carbocycles. The first-order chi connectivity index (χ1) is 10.4. The standard InChI is InChI=1S/C15H19N3O3/c1-19-13-9-12(10-14-15(13)21-8-7-20-14)11-16-4-6-18-5-2-3-17-18/h2-3,5,9-10,16H,4,6-8,11H2,1H3. The van der Waals surface area contributed by atoms with Crippen molar-refractivity contribution in [2.75, 3.05) is 26.9 Å². The fraction of sp³-hybridized carbons (Fsp3) is 0.400. The van der Waals surface area contributed by atoms with Crippen LogP contribution in [0.1, 0.15) is 5.56 Å². The number of methoxy groups -OCH3 is 1. The minimum absolute atomic E-state index is 0.560. The molecule has 1 aliphatic heterocycles. The summed E-state index contributed by atoms with van der Waals surface area (Å²) in [7, 11) is 1.64. The zero-order chi connectivity index (χ0) is 14.5. The lowest BCUT2D eigenvalue weighted by Gasteiger charge is -2.21. The molecule has 0 radical (unpaired) electrons. The molecule has 6 nitrogen and oxygen atoms in total. The molecule has 0 atom stereocenters. The van der Waals surface area contributed by atoms with Crippen molar-refractivity contribution in [3.05, 3.63) is 36.2 Å². The minimum atomic E-state index is 0.560. The van der Waals surface area contributed by atoms with Gasteiger partial charge in [-0.2, -0.15) is 5.10 Å². The van der Waals surface area contributed by atoms with Gasteiger partial charge < -0.3 is 19.5 Å². The van der Waals surface area contributed by atoms with Gasteiger partial charge >= 0.3 is 0 Å². The van der Waals surface area contributed by atoms with E-state index in [9.17, 15) is 0 Å². The second kappa shape index (κ2) is 6.49. The summed E-state index contributed by atoms with van der Waals surface area (Å²) in [4.78, 5) is 0. The Kier molecular flexibility index (Phi) is 4.25. The molecular weight excluding hydrogens is 270 g/mol. The molecular formula is C15H19N3O3. The van der Waals surface area contributed by atoms with E-state index in [1.54, 1.807) is 13.3 Å². The molecule has 0 saturated heterocycles.